The summed E-state index contributed by atoms with van der Waals surface area (Å²) in [6, 6.07) is 1.91. The zero-order valence-electron chi connectivity index (χ0n) is 8.12. The maximum absolute atomic E-state index is 9.72. The van der Waals surface area contributed by atoms with Crippen molar-refractivity contribution < 1.29 is 9.84 Å². The van der Waals surface area contributed by atoms with Crippen molar-refractivity contribution in [1.82, 2.24) is 0 Å². The highest BCUT2D eigenvalue weighted by molar-refractivity contribution is 7.10. The maximum Gasteiger partial charge on any atom is 0.129 e. The van der Waals surface area contributed by atoms with E-state index in [0.29, 0.717) is 0 Å². The lowest BCUT2D eigenvalue weighted by Crippen LogP contribution is -1.93. The van der Waals surface area contributed by atoms with Gasteiger partial charge in [-0.25, -0.2) is 0 Å². The summed E-state index contributed by atoms with van der Waals surface area (Å²) in [5.41, 5.74) is 0. The fraction of sp³-hybridized carbons (Fsp3) is 0.600. The number of methoxy groups -OCH3 is 1. The molecule has 74 valence electrons. The van der Waals surface area contributed by atoms with Crippen molar-refractivity contribution in [1.29, 1.82) is 0 Å². The summed E-state index contributed by atoms with van der Waals surface area (Å²) >= 11 is 1.56. The van der Waals surface area contributed by atoms with E-state index in [1.54, 1.807) is 18.4 Å². The Kier molecular flexibility index (Phi) is 4.25. The fourth-order valence-electron chi connectivity index (χ4n) is 1.16. The van der Waals surface area contributed by atoms with E-state index in [1.165, 1.54) is 0 Å². The zero-order chi connectivity index (χ0) is 9.68. The van der Waals surface area contributed by atoms with Crippen LogP contribution in [0.2, 0.25) is 0 Å². The van der Waals surface area contributed by atoms with Gasteiger partial charge in [-0.15, -0.1) is 11.3 Å². The number of hydrogen-bond donors (Lipinski definition) is 1. The second-order valence-corrected chi connectivity index (χ2v) is 3.99. The van der Waals surface area contributed by atoms with Crippen LogP contribution in [0.5, 0.6) is 5.75 Å². The number of thiophene rings is 1. The van der Waals surface area contributed by atoms with Crippen molar-refractivity contribution in [2.75, 3.05) is 7.11 Å². The average molecular weight is 200 g/mol. The van der Waals surface area contributed by atoms with Gasteiger partial charge in [0.1, 0.15) is 5.75 Å². The van der Waals surface area contributed by atoms with Crippen LogP contribution in [0.1, 0.15) is 37.2 Å². The van der Waals surface area contributed by atoms with E-state index >= 15 is 0 Å². The molecule has 1 heterocycles. The summed E-state index contributed by atoms with van der Waals surface area (Å²) in [5.74, 6) is 0.843. The van der Waals surface area contributed by atoms with Crippen molar-refractivity contribution in [2.45, 2.75) is 32.3 Å². The van der Waals surface area contributed by atoms with Crippen LogP contribution in [0.3, 0.4) is 0 Å². The molecule has 0 amide bonds. The predicted octanol–water partition coefficient (Wildman–Crippen LogP) is 2.98. The van der Waals surface area contributed by atoms with Crippen LogP contribution in [0.4, 0.5) is 0 Å². The first kappa shape index (κ1) is 10.5. The molecule has 3 heteroatoms. The summed E-state index contributed by atoms with van der Waals surface area (Å²) in [6.45, 7) is 2.13. The molecule has 0 aromatic carbocycles. The lowest BCUT2D eigenvalue weighted by molar-refractivity contribution is 0.168. The standard InChI is InChI=1S/C10H16O2S/c1-3-4-5-9(11)10-6-8(12-2)7-13-10/h6-7,9,11H,3-5H2,1-2H3. The van der Waals surface area contributed by atoms with Gasteiger partial charge in [0.2, 0.25) is 0 Å². The van der Waals surface area contributed by atoms with E-state index in [9.17, 15) is 5.11 Å². The van der Waals surface area contributed by atoms with Crippen molar-refractivity contribution in [3.05, 3.63) is 16.3 Å². The Hall–Kier alpha value is -0.540. The van der Waals surface area contributed by atoms with Gasteiger partial charge in [-0.1, -0.05) is 19.8 Å². The van der Waals surface area contributed by atoms with Crippen molar-refractivity contribution in [3.63, 3.8) is 0 Å². The van der Waals surface area contributed by atoms with E-state index in [-0.39, 0.29) is 6.10 Å². The molecule has 1 unspecified atom stereocenters. The van der Waals surface area contributed by atoms with Gasteiger partial charge in [0.25, 0.3) is 0 Å². The summed E-state index contributed by atoms with van der Waals surface area (Å²) in [5, 5.41) is 11.6. The van der Waals surface area contributed by atoms with Gasteiger partial charge in [0.15, 0.2) is 0 Å². The van der Waals surface area contributed by atoms with Crippen molar-refractivity contribution in [2.24, 2.45) is 0 Å². The van der Waals surface area contributed by atoms with Gasteiger partial charge in [0, 0.05) is 10.3 Å². The van der Waals surface area contributed by atoms with Crippen molar-refractivity contribution >= 4 is 11.3 Å². The van der Waals surface area contributed by atoms with Crippen LogP contribution < -0.4 is 4.74 Å². The zero-order valence-corrected chi connectivity index (χ0v) is 8.93. The van der Waals surface area contributed by atoms with E-state index in [2.05, 4.69) is 6.92 Å². The van der Waals surface area contributed by atoms with E-state index in [4.69, 9.17) is 4.74 Å². The predicted molar refractivity (Wildman–Crippen MR) is 55.4 cm³/mol. The Labute approximate surface area is 83.2 Å². The fourth-order valence-corrected chi connectivity index (χ4v) is 2.03. The second-order valence-electron chi connectivity index (χ2n) is 3.05. The molecule has 0 saturated heterocycles. The molecule has 13 heavy (non-hydrogen) atoms. The minimum Gasteiger partial charge on any atom is -0.496 e. The number of aliphatic hydroxyl groups excluding tert-OH is 1. The van der Waals surface area contributed by atoms with Gasteiger partial charge >= 0.3 is 0 Å². The molecule has 0 aliphatic rings. The van der Waals surface area contributed by atoms with Crippen LogP contribution in [0.25, 0.3) is 0 Å². The monoisotopic (exact) mass is 200 g/mol. The molecule has 1 N–H and O–H groups in total. The molecule has 0 spiro atoms. The van der Waals surface area contributed by atoms with Gasteiger partial charge in [-0.05, 0) is 12.5 Å². The van der Waals surface area contributed by atoms with E-state index in [1.807, 2.05) is 11.4 Å². The van der Waals surface area contributed by atoms with Gasteiger partial charge < -0.3 is 9.84 Å². The van der Waals surface area contributed by atoms with Crippen LogP contribution in [0.15, 0.2) is 11.4 Å². The molecule has 0 saturated carbocycles. The minimum atomic E-state index is -0.311. The van der Waals surface area contributed by atoms with E-state index < -0.39 is 0 Å². The molecule has 2 nitrogen and oxygen atoms in total. The largest absolute Gasteiger partial charge is 0.496 e. The number of aliphatic hydroxyl groups is 1. The third kappa shape index (κ3) is 3.01. The Morgan fingerprint density at radius 2 is 2.38 bits per heavy atom. The molecule has 1 rings (SSSR count). The number of unbranched alkanes of at least 4 members (excludes halogenated alkanes) is 1. The van der Waals surface area contributed by atoms with Crippen LogP contribution in [-0.4, -0.2) is 12.2 Å². The SMILES string of the molecule is CCCCC(O)c1cc(OC)cs1. The maximum atomic E-state index is 9.72. The first-order valence-corrected chi connectivity index (χ1v) is 5.46. The lowest BCUT2D eigenvalue weighted by Gasteiger charge is -2.05. The van der Waals surface area contributed by atoms with Gasteiger partial charge in [-0.3, -0.25) is 0 Å². The topological polar surface area (TPSA) is 29.5 Å². The molecule has 0 fully saturated rings. The molecule has 0 radical (unpaired) electrons. The quantitative estimate of drug-likeness (QED) is 0.791. The molecular formula is C10H16O2S. The average Bonchev–Trinajstić information content (AvgIpc) is 2.62. The summed E-state index contributed by atoms with van der Waals surface area (Å²) < 4.78 is 5.05. The highest BCUT2D eigenvalue weighted by Crippen LogP contribution is 2.29. The lowest BCUT2D eigenvalue weighted by atomic mass is 10.1. The molecule has 0 bridgehead atoms. The van der Waals surface area contributed by atoms with Crippen LogP contribution in [-0.2, 0) is 0 Å². The molecular weight excluding hydrogens is 184 g/mol. The highest BCUT2D eigenvalue weighted by atomic mass is 32.1. The highest BCUT2D eigenvalue weighted by Gasteiger charge is 2.09. The van der Waals surface area contributed by atoms with Gasteiger partial charge in [0.05, 0.1) is 13.2 Å². The Balaban J connectivity index is 2.50. The molecule has 1 aromatic rings. The summed E-state index contributed by atoms with van der Waals surface area (Å²) in [4.78, 5) is 1.00. The summed E-state index contributed by atoms with van der Waals surface area (Å²) in [7, 11) is 1.64. The van der Waals surface area contributed by atoms with E-state index in [0.717, 1.165) is 29.9 Å². The first-order valence-electron chi connectivity index (χ1n) is 4.58. The van der Waals surface area contributed by atoms with Crippen LogP contribution in [0, 0.1) is 0 Å². The van der Waals surface area contributed by atoms with Crippen molar-refractivity contribution in [3.8, 4) is 5.75 Å². The molecule has 1 aromatic heterocycles. The smallest absolute Gasteiger partial charge is 0.129 e. The number of rotatable bonds is 5. The first-order chi connectivity index (χ1) is 6.27. The third-order valence-corrected chi connectivity index (χ3v) is 3.00. The number of ether oxygens (including phenoxy) is 1. The molecule has 0 aliphatic heterocycles. The van der Waals surface area contributed by atoms with Gasteiger partial charge in [-0.2, -0.15) is 0 Å². The Morgan fingerprint density at radius 1 is 1.62 bits per heavy atom. The molecule has 1 atom stereocenters. The van der Waals surface area contributed by atoms with Crippen LogP contribution >= 0.6 is 11.3 Å². The normalized spacial score (nSPS) is 12.8. The molecule has 0 aliphatic carbocycles. The summed E-state index contributed by atoms with van der Waals surface area (Å²) in [6.07, 6.45) is 2.73. The number of hydrogen-bond acceptors (Lipinski definition) is 3. The second kappa shape index (κ2) is 5.25. The Bertz CT molecular complexity index is 245. The minimum absolute atomic E-state index is 0.311. The third-order valence-electron chi connectivity index (χ3n) is 1.99. The Morgan fingerprint density at radius 3 is 2.92 bits per heavy atom.